The highest BCUT2D eigenvalue weighted by Crippen LogP contribution is 2.21. The second-order valence-corrected chi connectivity index (χ2v) is 3.26. The van der Waals surface area contributed by atoms with Crippen LogP contribution in [-0.2, 0) is 14.4 Å². The van der Waals surface area contributed by atoms with E-state index in [0.717, 1.165) is 6.92 Å². The van der Waals surface area contributed by atoms with Crippen LogP contribution in [0, 0.1) is 0 Å². The van der Waals surface area contributed by atoms with E-state index in [1.807, 2.05) is 0 Å². The molecule has 98 valence electrons. The van der Waals surface area contributed by atoms with E-state index in [1.54, 1.807) is 0 Å². The van der Waals surface area contributed by atoms with Crippen LogP contribution < -0.4 is 5.32 Å². The number of rotatable bonds is 5. The first-order valence-corrected chi connectivity index (χ1v) is 4.39. The topological polar surface area (TPSA) is 104 Å². The molecule has 3 N–H and O–H groups in total. The molecule has 0 heterocycles. The van der Waals surface area contributed by atoms with E-state index in [1.165, 1.54) is 5.32 Å². The maximum absolute atomic E-state index is 12.0. The number of aliphatic carboxylic acids is 2. The molecule has 0 rings (SSSR count). The first-order chi connectivity index (χ1) is 7.55. The van der Waals surface area contributed by atoms with Gasteiger partial charge in [-0.15, -0.1) is 0 Å². The van der Waals surface area contributed by atoms with Crippen LogP contribution in [0.15, 0.2) is 0 Å². The van der Waals surface area contributed by atoms with Crippen LogP contribution in [0.3, 0.4) is 0 Å². The lowest BCUT2D eigenvalue weighted by Crippen LogP contribution is -2.58. The Kier molecular flexibility index (Phi) is 4.49. The average molecular weight is 257 g/mol. The maximum atomic E-state index is 12.0. The quantitative estimate of drug-likeness (QED) is 0.660. The fourth-order valence-electron chi connectivity index (χ4n) is 1.08. The lowest BCUT2D eigenvalue weighted by molar-refractivity contribution is -0.178. The van der Waals surface area contributed by atoms with Gasteiger partial charge < -0.3 is 15.5 Å². The Morgan fingerprint density at radius 2 is 1.65 bits per heavy atom. The molecule has 6 nitrogen and oxygen atoms in total. The zero-order valence-electron chi connectivity index (χ0n) is 8.67. The van der Waals surface area contributed by atoms with Crippen LogP contribution >= 0.6 is 0 Å². The largest absolute Gasteiger partial charge is 0.481 e. The Bertz CT molecular complexity index is 341. The van der Waals surface area contributed by atoms with Gasteiger partial charge in [-0.25, -0.2) is 4.79 Å². The Morgan fingerprint density at radius 1 is 1.18 bits per heavy atom. The number of halogens is 3. The van der Waals surface area contributed by atoms with Crippen LogP contribution in [0.25, 0.3) is 0 Å². The molecule has 9 heteroatoms. The van der Waals surface area contributed by atoms with Crippen molar-refractivity contribution in [2.45, 2.75) is 31.5 Å². The summed E-state index contributed by atoms with van der Waals surface area (Å²) in [5.41, 5.74) is -2.46. The molecule has 0 aromatic carbocycles. The number of nitrogens with one attached hydrogen (secondary N) is 1. The van der Waals surface area contributed by atoms with E-state index >= 15 is 0 Å². The maximum Gasteiger partial charge on any atom is 0.471 e. The fourth-order valence-corrected chi connectivity index (χ4v) is 1.08. The molecule has 0 aromatic heterocycles. The minimum absolute atomic E-state index is 0.490. The van der Waals surface area contributed by atoms with E-state index in [0.29, 0.717) is 0 Å². The van der Waals surface area contributed by atoms with E-state index in [-0.39, 0.29) is 0 Å². The second kappa shape index (κ2) is 5.02. The van der Waals surface area contributed by atoms with Crippen molar-refractivity contribution in [3.05, 3.63) is 0 Å². The van der Waals surface area contributed by atoms with Gasteiger partial charge >= 0.3 is 24.0 Å². The molecule has 0 unspecified atom stereocenters. The van der Waals surface area contributed by atoms with Crippen LogP contribution in [0.2, 0.25) is 0 Å². The van der Waals surface area contributed by atoms with Gasteiger partial charge in [0.1, 0.15) is 5.54 Å². The average Bonchev–Trinajstić information content (AvgIpc) is 2.13. The van der Waals surface area contributed by atoms with Gasteiger partial charge in [0.15, 0.2) is 0 Å². The van der Waals surface area contributed by atoms with Crippen molar-refractivity contribution >= 4 is 17.8 Å². The molecule has 0 radical (unpaired) electrons. The molecular formula is C8H10F3NO5. The molecule has 0 aliphatic rings. The van der Waals surface area contributed by atoms with E-state index in [2.05, 4.69) is 0 Å². The third kappa shape index (κ3) is 3.93. The molecule has 0 aliphatic heterocycles. The van der Waals surface area contributed by atoms with Gasteiger partial charge in [0.25, 0.3) is 0 Å². The number of alkyl halides is 3. The van der Waals surface area contributed by atoms with Gasteiger partial charge in [-0.3, -0.25) is 9.59 Å². The summed E-state index contributed by atoms with van der Waals surface area (Å²) in [6.07, 6.45) is -6.90. The predicted octanol–water partition coefficient (Wildman–Crippen LogP) is 0.373. The predicted molar refractivity (Wildman–Crippen MR) is 47.1 cm³/mol. The number of carboxylic acid groups (broad SMARTS) is 2. The van der Waals surface area contributed by atoms with Crippen LogP contribution in [-0.4, -0.2) is 39.8 Å². The van der Waals surface area contributed by atoms with Crippen molar-refractivity contribution in [2.24, 2.45) is 0 Å². The van der Waals surface area contributed by atoms with E-state index < -0.39 is 42.4 Å². The number of carboxylic acids is 2. The molecule has 1 atom stereocenters. The van der Waals surface area contributed by atoms with Crippen molar-refractivity contribution in [1.29, 1.82) is 0 Å². The van der Waals surface area contributed by atoms with Crippen LogP contribution in [0.1, 0.15) is 19.8 Å². The summed E-state index contributed by atoms with van der Waals surface area (Å²) in [6, 6.07) is 0. The minimum atomic E-state index is -5.27. The highest BCUT2D eigenvalue weighted by Gasteiger charge is 2.47. The molecule has 0 aliphatic carbocycles. The van der Waals surface area contributed by atoms with Crippen LogP contribution in [0.5, 0.6) is 0 Å². The summed E-state index contributed by atoms with van der Waals surface area (Å²) < 4.78 is 35.9. The summed E-state index contributed by atoms with van der Waals surface area (Å²) in [6.45, 7) is 1.16. The summed E-state index contributed by atoms with van der Waals surface area (Å²) in [5, 5.41) is 18.4. The molecule has 1 amide bonds. The minimum Gasteiger partial charge on any atom is -0.481 e. The van der Waals surface area contributed by atoms with Crippen molar-refractivity contribution in [2.75, 3.05) is 0 Å². The Balaban J connectivity index is 5.13. The molecule has 0 saturated heterocycles. The number of carbonyl (C=O) groups is 3. The van der Waals surface area contributed by atoms with Crippen molar-refractivity contribution in [3.63, 3.8) is 0 Å². The third-order valence-corrected chi connectivity index (χ3v) is 2.08. The Morgan fingerprint density at radius 3 is 1.88 bits per heavy atom. The third-order valence-electron chi connectivity index (χ3n) is 2.08. The lowest BCUT2D eigenvalue weighted by Gasteiger charge is -2.28. The highest BCUT2D eigenvalue weighted by atomic mass is 19.4. The van der Waals surface area contributed by atoms with Gasteiger partial charge in [-0.1, -0.05) is 6.92 Å². The zero-order valence-corrected chi connectivity index (χ0v) is 8.67. The number of carbonyl (C=O) groups excluding carboxylic acids is 1. The van der Waals surface area contributed by atoms with E-state index in [9.17, 15) is 27.6 Å². The fraction of sp³-hybridized carbons (Fsp3) is 0.625. The molecule has 17 heavy (non-hydrogen) atoms. The standard InChI is InChI=1S/C8H10F3NO5/c1-2-7(6(16)17,3-4(13)14)12-5(15)8(9,10)11/h2-3H2,1H3,(H,12,15)(H,13,14)(H,16,17)/t7-/m0/s1. The van der Waals surface area contributed by atoms with Gasteiger partial charge in [-0.05, 0) is 6.42 Å². The number of hydrogen-bond acceptors (Lipinski definition) is 3. The smallest absolute Gasteiger partial charge is 0.471 e. The molecular weight excluding hydrogens is 247 g/mol. The van der Waals surface area contributed by atoms with Crippen LogP contribution in [0.4, 0.5) is 13.2 Å². The summed E-state index contributed by atoms with van der Waals surface area (Å²) in [5.74, 6) is -5.94. The monoisotopic (exact) mass is 257 g/mol. The first-order valence-electron chi connectivity index (χ1n) is 4.39. The molecule has 0 aromatic rings. The summed E-state index contributed by atoms with van der Waals surface area (Å²) in [7, 11) is 0. The van der Waals surface area contributed by atoms with Crippen molar-refractivity contribution < 1.29 is 37.8 Å². The molecule has 0 spiro atoms. The normalized spacial score (nSPS) is 14.8. The first kappa shape index (κ1) is 15.2. The lowest BCUT2D eigenvalue weighted by atomic mass is 9.92. The molecule has 0 bridgehead atoms. The van der Waals surface area contributed by atoms with Gasteiger partial charge in [0.05, 0.1) is 6.42 Å². The SMILES string of the molecule is CC[C@@](CC(=O)O)(NC(=O)C(F)(F)F)C(=O)O. The number of hydrogen-bond donors (Lipinski definition) is 3. The molecule has 0 saturated carbocycles. The summed E-state index contributed by atoms with van der Waals surface area (Å²) in [4.78, 5) is 31.9. The zero-order chi connectivity index (χ0) is 13.9. The Labute approximate surface area is 93.4 Å². The van der Waals surface area contributed by atoms with Gasteiger partial charge in [0, 0.05) is 0 Å². The van der Waals surface area contributed by atoms with Crippen molar-refractivity contribution in [1.82, 2.24) is 5.32 Å². The van der Waals surface area contributed by atoms with Gasteiger partial charge in [-0.2, -0.15) is 13.2 Å². The highest BCUT2D eigenvalue weighted by molar-refractivity contribution is 5.92. The van der Waals surface area contributed by atoms with E-state index in [4.69, 9.17) is 10.2 Å². The van der Waals surface area contributed by atoms with Gasteiger partial charge in [0.2, 0.25) is 0 Å². The van der Waals surface area contributed by atoms with Crippen molar-refractivity contribution in [3.8, 4) is 0 Å². The molecule has 0 fully saturated rings. The second-order valence-electron chi connectivity index (χ2n) is 3.26. The Hall–Kier alpha value is -1.80. The number of amides is 1. The summed E-state index contributed by atoms with van der Waals surface area (Å²) >= 11 is 0.